The van der Waals surface area contributed by atoms with E-state index < -0.39 is 11.9 Å². The molecule has 2 N–H and O–H groups in total. The molecule has 0 bridgehead atoms. The molecule has 0 aliphatic carbocycles. The number of likely N-dealkylation sites (tertiary alicyclic amines) is 1. The predicted molar refractivity (Wildman–Crippen MR) is 71.6 cm³/mol. The lowest BCUT2D eigenvalue weighted by molar-refractivity contribution is -0.141. The Hall–Kier alpha value is -1.60. The Morgan fingerprint density at radius 1 is 1.33 bits per heavy atom. The standard InChI is InChI=1S/C14H16F3N3O/c15-14(16,17)12-11(8-20-6-3-9(21)4-7-20)10-2-1-5-18-13(10)19-12/h1-2,5,9,21H,3-4,6-8H2,(H,18,19). The number of hydrogen-bond donors (Lipinski definition) is 2. The first-order valence-corrected chi connectivity index (χ1v) is 6.88. The van der Waals surface area contributed by atoms with Gasteiger partial charge >= 0.3 is 6.18 Å². The molecule has 2 aromatic heterocycles. The molecule has 1 aliphatic heterocycles. The summed E-state index contributed by atoms with van der Waals surface area (Å²) in [5.41, 5.74) is -0.221. The summed E-state index contributed by atoms with van der Waals surface area (Å²) in [7, 11) is 0. The monoisotopic (exact) mass is 299 g/mol. The van der Waals surface area contributed by atoms with Gasteiger partial charge in [-0.05, 0) is 25.0 Å². The van der Waals surface area contributed by atoms with E-state index in [1.807, 2.05) is 4.90 Å². The van der Waals surface area contributed by atoms with Crippen molar-refractivity contribution in [3.8, 4) is 0 Å². The fourth-order valence-electron chi connectivity index (χ4n) is 2.78. The van der Waals surface area contributed by atoms with E-state index in [0.29, 0.717) is 31.3 Å². The lowest BCUT2D eigenvalue weighted by atomic mass is 10.1. The van der Waals surface area contributed by atoms with Crippen molar-refractivity contribution >= 4 is 11.0 Å². The van der Waals surface area contributed by atoms with Gasteiger partial charge in [0.15, 0.2) is 0 Å². The maximum absolute atomic E-state index is 13.2. The molecule has 114 valence electrons. The van der Waals surface area contributed by atoms with E-state index in [1.54, 1.807) is 12.1 Å². The summed E-state index contributed by atoms with van der Waals surface area (Å²) < 4.78 is 39.6. The van der Waals surface area contributed by atoms with Crippen LogP contribution in [0.15, 0.2) is 18.3 Å². The molecule has 3 rings (SSSR count). The second-order valence-corrected chi connectivity index (χ2v) is 5.38. The van der Waals surface area contributed by atoms with Crippen LogP contribution in [0.1, 0.15) is 24.1 Å². The van der Waals surface area contributed by atoms with Crippen LogP contribution in [0.25, 0.3) is 11.0 Å². The van der Waals surface area contributed by atoms with Crippen LogP contribution < -0.4 is 0 Å². The smallest absolute Gasteiger partial charge is 0.393 e. The zero-order valence-corrected chi connectivity index (χ0v) is 11.3. The fourth-order valence-corrected chi connectivity index (χ4v) is 2.78. The molecule has 1 fully saturated rings. The molecule has 0 amide bonds. The fraction of sp³-hybridized carbons (Fsp3) is 0.500. The number of H-pyrrole nitrogens is 1. The zero-order valence-electron chi connectivity index (χ0n) is 11.3. The number of nitrogens with zero attached hydrogens (tertiary/aromatic N) is 2. The van der Waals surface area contributed by atoms with Crippen LogP contribution in [0.2, 0.25) is 0 Å². The average molecular weight is 299 g/mol. The number of aromatic amines is 1. The highest BCUT2D eigenvalue weighted by molar-refractivity contribution is 5.81. The molecular weight excluding hydrogens is 283 g/mol. The minimum Gasteiger partial charge on any atom is -0.393 e. The molecule has 0 aromatic carbocycles. The Balaban J connectivity index is 1.96. The minimum atomic E-state index is -4.43. The van der Waals surface area contributed by atoms with Gasteiger partial charge in [0.05, 0.1) is 6.10 Å². The van der Waals surface area contributed by atoms with Gasteiger partial charge in [0.1, 0.15) is 11.3 Å². The van der Waals surface area contributed by atoms with Crippen molar-refractivity contribution in [1.29, 1.82) is 0 Å². The van der Waals surface area contributed by atoms with Crippen LogP contribution in [-0.4, -0.2) is 39.2 Å². The first-order chi connectivity index (χ1) is 9.95. The Morgan fingerprint density at radius 3 is 2.71 bits per heavy atom. The Morgan fingerprint density at radius 2 is 2.05 bits per heavy atom. The normalized spacial score (nSPS) is 18.5. The van der Waals surface area contributed by atoms with E-state index in [0.717, 1.165) is 0 Å². The molecule has 1 saturated heterocycles. The molecule has 0 atom stereocenters. The van der Waals surface area contributed by atoms with E-state index >= 15 is 0 Å². The second-order valence-electron chi connectivity index (χ2n) is 5.38. The number of pyridine rings is 1. The van der Waals surface area contributed by atoms with Crippen LogP contribution in [0, 0.1) is 0 Å². The Bertz CT molecular complexity index is 630. The number of aliphatic hydroxyl groups is 1. The van der Waals surface area contributed by atoms with Crippen molar-refractivity contribution in [2.45, 2.75) is 31.7 Å². The molecule has 0 unspecified atom stereocenters. The first kappa shape index (κ1) is 14.3. The molecule has 0 radical (unpaired) electrons. The summed E-state index contributed by atoms with van der Waals surface area (Å²) in [6.45, 7) is 1.42. The molecule has 7 heteroatoms. The van der Waals surface area contributed by atoms with Crippen LogP contribution in [-0.2, 0) is 12.7 Å². The number of aromatic nitrogens is 2. The van der Waals surface area contributed by atoms with Gasteiger partial charge in [0.25, 0.3) is 0 Å². The summed E-state index contributed by atoms with van der Waals surface area (Å²) in [6, 6.07) is 3.29. The molecule has 0 spiro atoms. The second kappa shape index (κ2) is 5.31. The third-order valence-corrected chi connectivity index (χ3v) is 3.90. The average Bonchev–Trinajstić information content (AvgIpc) is 2.81. The Labute approximate surface area is 119 Å². The summed E-state index contributed by atoms with van der Waals surface area (Å²) in [5.74, 6) is 0. The largest absolute Gasteiger partial charge is 0.431 e. The minimum absolute atomic E-state index is 0.216. The highest BCUT2D eigenvalue weighted by Crippen LogP contribution is 2.35. The van der Waals surface area contributed by atoms with Gasteiger partial charge in [0, 0.05) is 36.8 Å². The van der Waals surface area contributed by atoms with Crippen molar-refractivity contribution < 1.29 is 18.3 Å². The number of hydrogen-bond acceptors (Lipinski definition) is 3. The summed E-state index contributed by atoms with van der Waals surface area (Å²) in [6.07, 6.45) is -2.09. The van der Waals surface area contributed by atoms with Crippen LogP contribution in [0.5, 0.6) is 0 Å². The van der Waals surface area contributed by atoms with Crippen LogP contribution in [0.4, 0.5) is 13.2 Å². The zero-order chi connectivity index (χ0) is 15.0. The maximum Gasteiger partial charge on any atom is 0.431 e. The lowest BCUT2D eigenvalue weighted by Crippen LogP contribution is -2.35. The number of piperidine rings is 1. The van der Waals surface area contributed by atoms with Crippen molar-refractivity contribution in [1.82, 2.24) is 14.9 Å². The van der Waals surface area contributed by atoms with Gasteiger partial charge in [-0.25, -0.2) is 4.98 Å². The molecular formula is C14H16F3N3O. The third kappa shape index (κ3) is 2.89. The molecule has 4 nitrogen and oxygen atoms in total. The number of aliphatic hydroxyl groups excluding tert-OH is 1. The topological polar surface area (TPSA) is 52.1 Å². The highest BCUT2D eigenvalue weighted by atomic mass is 19.4. The quantitative estimate of drug-likeness (QED) is 0.896. The molecule has 2 aromatic rings. The molecule has 21 heavy (non-hydrogen) atoms. The number of fused-ring (bicyclic) bond motifs is 1. The Kier molecular flexibility index (Phi) is 3.62. The summed E-state index contributed by atoms with van der Waals surface area (Å²) in [4.78, 5) is 8.30. The molecule has 3 heterocycles. The van der Waals surface area contributed by atoms with Crippen LogP contribution >= 0.6 is 0 Å². The number of alkyl halides is 3. The van der Waals surface area contributed by atoms with E-state index in [9.17, 15) is 18.3 Å². The van der Waals surface area contributed by atoms with Crippen molar-refractivity contribution in [3.63, 3.8) is 0 Å². The van der Waals surface area contributed by atoms with Gasteiger partial charge in [-0.2, -0.15) is 13.2 Å². The van der Waals surface area contributed by atoms with Crippen molar-refractivity contribution in [2.75, 3.05) is 13.1 Å². The molecule has 0 saturated carbocycles. The first-order valence-electron chi connectivity index (χ1n) is 6.88. The van der Waals surface area contributed by atoms with Crippen molar-refractivity contribution in [2.24, 2.45) is 0 Å². The molecule has 1 aliphatic rings. The van der Waals surface area contributed by atoms with Crippen molar-refractivity contribution in [3.05, 3.63) is 29.6 Å². The maximum atomic E-state index is 13.2. The number of rotatable bonds is 2. The van der Waals surface area contributed by atoms with E-state index in [2.05, 4.69) is 9.97 Å². The lowest BCUT2D eigenvalue weighted by Gasteiger charge is -2.29. The summed E-state index contributed by atoms with van der Waals surface area (Å²) in [5, 5.41) is 10.00. The van der Waals surface area contributed by atoms with Gasteiger partial charge < -0.3 is 10.1 Å². The van der Waals surface area contributed by atoms with E-state index in [1.165, 1.54) is 6.20 Å². The van der Waals surface area contributed by atoms with Gasteiger partial charge in [-0.15, -0.1) is 0 Å². The highest BCUT2D eigenvalue weighted by Gasteiger charge is 2.37. The number of nitrogens with one attached hydrogen (secondary N) is 1. The number of halogens is 3. The van der Waals surface area contributed by atoms with Gasteiger partial charge in [-0.1, -0.05) is 0 Å². The third-order valence-electron chi connectivity index (χ3n) is 3.90. The summed E-state index contributed by atoms with van der Waals surface area (Å²) >= 11 is 0. The predicted octanol–water partition coefficient (Wildman–Crippen LogP) is 2.54. The van der Waals surface area contributed by atoms with E-state index in [-0.39, 0.29) is 23.9 Å². The van der Waals surface area contributed by atoms with Gasteiger partial charge in [0.2, 0.25) is 0 Å². The SMILES string of the molecule is OC1CCN(Cc2c(C(F)(F)F)[nH]c3ncccc23)CC1. The van der Waals surface area contributed by atoms with Crippen LogP contribution in [0.3, 0.4) is 0 Å². The van der Waals surface area contributed by atoms with E-state index in [4.69, 9.17) is 0 Å². The van der Waals surface area contributed by atoms with Gasteiger partial charge in [-0.3, -0.25) is 4.90 Å².